The van der Waals surface area contributed by atoms with Crippen molar-refractivity contribution < 1.29 is 13.2 Å². The summed E-state index contributed by atoms with van der Waals surface area (Å²) >= 11 is 0. The van der Waals surface area contributed by atoms with Crippen molar-refractivity contribution in [3.63, 3.8) is 0 Å². The summed E-state index contributed by atoms with van der Waals surface area (Å²) in [6, 6.07) is 0.262. The minimum atomic E-state index is -3.74. The predicted octanol–water partition coefficient (Wildman–Crippen LogP) is 1.72. The van der Waals surface area contributed by atoms with E-state index in [1.165, 1.54) is 6.20 Å². The van der Waals surface area contributed by atoms with Crippen LogP contribution < -0.4 is 0 Å². The van der Waals surface area contributed by atoms with Crippen molar-refractivity contribution in [2.75, 3.05) is 13.2 Å². The van der Waals surface area contributed by atoms with Gasteiger partial charge in [-0.2, -0.15) is 0 Å². The Labute approximate surface area is 105 Å². The van der Waals surface area contributed by atoms with Crippen LogP contribution in [-0.2, 0) is 20.2 Å². The molecule has 0 N–H and O–H groups in total. The second kappa shape index (κ2) is 4.96. The van der Waals surface area contributed by atoms with Crippen LogP contribution in [0.25, 0.3) is 0 Å². The van der Waals surface area contributed by atoms with E-state index in [2.05, 4.69) is 4.98 Å². The van der Waals surface area contributed by atoms with Crippen LogP contribution in [-0.4, -0.2) is 31.2 Å². The summed E-state index contributed by atoms with van der Waals surface area (Å²) < 4.78 is 29.7. The van der Waals surface area contributed by atoms with Crippen molar-refractivity contribution in [3.05, 3.63) is 12.0 Å². The topological polar surface area (TPSA) is 61.2 Å². The molecule has 5 nitrogen and oxygen atoms in total. The Kier molecular flexibility index (Phi) is 3.75. The minimum Gasteiger partial charge on any atom is -0.381 e. The Hall–Kier alpha value is -0.590. The van der Waals surface area contributed by atoms with Crippen LogP contribution in [0.2, 0.25) is 0 Å². The largest absolute Gasteiger partial charge is 0.381 e. The Morgan fingerprint density at radius 3 is 2.71 bits per heavy atom. The van der Waals surface area contributed by atoms with Gasteiger partial charge in [0.1, 0.15) is 5.82 Å². The first-order chi connectivity index (χ1) is 8.02. The molecule has 2 rings (SSSR count). The molecule has 17 heavy (non-hydrogen) atoms. The number of aryl methyl sites for hydroxylation is 1. The predicted molar refractivity (Wildman–Crippen MR) is 63.7 cm³/mol. The highest BCUT2D eigenvalue weighted by Gasteiger charge is 2.22. The summed E-state index contributed by atoms with van der Waals surface area (Å²) in [6.07, 6.45) is 3.98. The van der Waals surface area contributed by atoms with Crippen molar-refractivity contribution >= 4 is 19.7 Å². The Bertz CT molecular complexity index is 492. The van der Waals surface area contributed by atoms with Crippen LogP contribution in [0.1, 0.15) is 31.6 Å². The van der Waals surface area contributed by atoms with Crippen molar-refractivity contribution in [2.24, 2.45) is 0 Å². The van der Waals surface area contributed by atoms with Gasteiger partial charge in [-0.05, 0) is 12.8 Å². The summed E-state index contributed by atoms with van der Waals surface area (Å²) in [6.45, 7) is 3.35. The molecule has 0 unspecified atom stereocenters. The fraction of sp³-hybridized carbons (Fsp3) is 0.700. The van der Waals surface area contributed by atoms with Gasteiger partial charge in [-0.15, -0.1) is 0 Å². The standard InChI is InChI=1S/C10H15ClN2O3S/c1-2-9-12-10(17(11,14)15)7-13(9)8-3-5-16-6-4-8/h7-8H,2-6H2,1H3. The van der Waals surface area contributed by atoms with Gasteiger partial charge in [0.25, 0.3) is 9.05 Å². The molecule has 0 bridgehead atoms. The number of aromatic nitrogens is 2. The lowest BCUT2D eigenvalue weighted by molar-refractivity contribution is 0.0688. The second-order valence-electron chi connectivity index (χ2n) is 4.04. The third kappa shape index (κ3) is 2.81. The Balaban J connectivity index is 2.35. The zero-order chi connectivity index (χ0) is 12.5. The maximum atomic E-state index is 11.3. The molecule has 0 aromatic carbocycles. The molecular formula is C10H15ClN2O3S. The van der Waals surface area contributed by atoms with E-state index in [0.717, 1.165) is 18.7 Å². The molecule has 2 heterocycles. The highest BCUT2D eigenvalue weighted by Crippen LogP contribution is 2.25. The van der Waals surface area contributed by atoms with Crippen LogP contribution in [0.5, 0.6) is 0 Å². The van der Waals surface area contributed by atoms with Gasteiger partial charge in [0.05, 0.1) is 0 Å². The molecule has 0 aliphatic carbocycles. The number of nitrogens with zero attached hydrogens (tertiary/aromatic N) is 2. The normalized spacial score (nSPS) is 18.5. The van der Waals surface area contributed by atoms with Gasteiger partial charge in [-0.1, -0.05) is 6.92 Å². The van der Waals surface area contributed by atoms with E-state index in [0.29, 0.717) is 19.6 Å². The molecule has 1 aromatic heterocycles. The molecule has 0 saturated carbocycles. The van der Waals surface area contributed by atoms with Gasteiger partial charge in [-0.3, -0.25) is 0 Å². The highest BCUT2D eigenvalue weighted by molar-refractivity contribution is 8.13. The summed E-state index contributed by atoms with van der Waals surface area (Å²) in [4.78, 5) is 4.08. The van der Waals surface area contributed by atoms with E-state index in [-0.39, 0.29) is 11.1 Å². The molecule has 0 amide bonds. The van der Waals surface area contributed by atoms with Crippen LogP contribution in [0, 0.1) is 0 Å². The molecule has 96 valence electrons. The van der Waals surface area contributed by atoms with Crippen LogP contribution in [0.4, 0.5) is 0 Å². The molecule has 0 radical (unpaired) electrons. The third-order valence-electron chi connectivity index (χ3n) is 2.94. The fourth-order valence-electron chi connectivity index (χ4n) is 2.07. The summed E-state index contributed by atoms with van der Waals surface area (Å²) in [7, 11) is 1.57. The zero-order valence-corrected chi connectivity index (χ0v) is 11.2. The Morgan fingerprint density at radius 2 is 2.18 bits per heavy atom. The SMILES string of the molecule is CCc1nc(S(=O)(=O)Cl)cn1C1CCOCC1. The molecule has 0 atom stereocenters. The highest BCUT2D eigenvalue weighted by atomic mass is 35.7. The number of hydrogen-bond donors (Lipinski definition) is 0. The first kappa shape index (κ1) is 12.9. The number of rotatable bonds is 3. The molecule has 1 saturated heterocycles. The Morgan fingerprint density at radius 1 is 1.53 bits per heavy atom. The number of ether oxygens (including phenoxy) is 1. The average Bonchev–Trinajstić information content (AvgIpc) is 2.73. The quantitative estimate of drug-likeness (QED) is 0.790. The van der Waals surface area contributed by atoms with E-state index in [1.807, 2.05) is 11.5 Å². The van der Waals surface area contributed by atoms with Crippen LogP contribution in [0.3, 0.4) is 0 Å². The molecule has 7 heteroatoms. The molecule has 1 aromatic rings. The smallest absolute Gasteiger partial charge is 0.280 e. The number of hydrogen-bond acceptors (Lipinski definition) is 4. The molecule has 1 aliphatic rings. The van der Waals surface area contributed by atoms with Crippen molar-refractivity contribution in [1.82, 2.24) is 9.55 Å². The summed E-state index contributed by atoms with van der Waals surface area (Å²) in [5.74, 6) is 0.760. The van der Waals surface area contributed by atoms with E-state index in [9.17, 15) is 8.42 Å². The van der Waals surface area contributed by atoms with Gasteiger partial charge < -0.3 is 9.30 Å². The van der Waals surface area contributed by atoms with Gasteiger partial charge >= 0.3 is 0 Å². The fourth-order valence-corrected chi connectivity index (χ4v) is 2.74. The molecule has 1 fully saturated rings. The summed E-state index contributed by atoms with van der Waals surface area (Å²) in [5.41, 5.74) is 0. The minimum absolute atomic E-state index is 0.0532. The van der Waals surface area contributed by atoms with E-state index >= 15 is 0 Å². The average molecular weight is 279 g/mol. The second-order valence-corrected chi connectivity index (χ2v) is 6.55. The molecule has 0 spiro atoms. The monoisotopic (exact) mass is 278 g/mol. The van der Waals surface area contributed by atoms with E-state index in [1.54, 1.807) is 0 Å². The molecule has 1 aliphatic heterocycles. The van der Waals surface area contributed by atoms with Crippen LogP contribution >= 0.6 is 10.7 Å². The van der Waals surface area contributed by atoms with E-state index < -0.39 is 9.05 Å². The van der Waals surface area contributed by atoms with Crippen molar-refractivity contribution in [1.29, 1.82) is 0 Å². The maximum Gasteiger partial charge on any atom is 0.280 e. The van der Waals surface area contributed by atoms with Crippen molar-refractivity contribution in [2.45, 2.75) is 37.3 Å². The maximum absolute atomic E-state index is 11.3. The van der Waals surface area contributed by atoms with Gasteiger partial charge in [0.15, 0.2) is 5.03 Å². The van der Waals surface area contributed by atoms with Gasteiger partial charge in [-0.25, -0.2) is 13.4 Å². The number of halogens is 1. The first-order valence-electron chi connectivity index (χ1n) is 5.62. The van der Waals surface area contributed by atoms with E-state index in [4.69, 9.17) is 15.4 Å². The first-order valence-corrected chi connectivity index (χ1v) is 7.93. The molecular weight excluding hydrogens is 264 g/mol. The summed E-state index contributed by atoms with van der Waals surface area (Å²) in [5, 5.41) is -0.0532. The lowest BCUT2D eigenvalue weighted by Gasteiger charge is -2.24. The lowest BCUT2D eigenvalue weighted by atomic mass is 10.1. The lowest BCUT2D eigenvalue weighted by Crippen LogP contribution is -2.20. The van der Waals surface area contributed by atoms with Crippen LogP contribution in [0.15, 0.2) is 11.2 Å². The number of imidazole rings is 1. The van der Waals surface area contributed by atoms with Gasteiger partial charge in [0.2, 0.25) is 0 Å². The van der Waals surface area contributed by atoms with Crippen molar-refractivity contribution in [3.8, 4) is 0 Å². The van der Waals surface area contributed by atoms with Gasteiger partial charge in [0, 0.05) is 42.6 Å². The third-order valence-corrected chi connectivity index (χ3v) is 4.11. The zero-order valence-electron chi connectivity index (χ0n) is 9.60.